The van der Waals surface area contributed by atoms with Crippen LogP contribution in [0.5, 0.6) is 0 Å². The number of sulfone groups is 1. The second-order valence-corrected chi connectivity index (χ2v) is 5.71. The average molecular weight is 214 g/mol. The molecule has 0 heterocycles. The first kappa shape index (κ1) is 11.2. The zero-order valence-electron chi connectivity index (χ0n) is 8.27. The Kier molecular flexibility index (Phi) is 3.29. The summed E-state index contributed by atoms with van der Waals surface area (Å²) < 4.78 is 21.9. The van der Waals surface area contributed by atoms with E-state index in [1.165, 1.54) is 0 Å². The standard InChI is InChI=1S/C10H14O3S/c1-8-4-3-5-9(6-8)10(11)7-14(2,12)13/h3-6,10-11H,7H2,1-2H3. The first-order valence-electron chi connectivity index (χ1n) is 4.31. The van der Waals surface area contributed by atoms with Gasteiger partial charge in [0.15, 0.2) is 0 Å². The minimum Gasteiger partial charge on any atom is -0.387 e. The summed E-state index contributed by atoms with van der Waals surface area (Å²) in [6, 6.07) is 7.21. The van der Waals surface area contributed by atoms with E-state index in [1.54, 1.807) is 18.2 Å². The van der Waals surface area contributed by atoms with E-state index < -0.39 is 15.9 Å². The molecule has 0 saturated carbocycles. The van der Waals surface area contributed by atoms with Crippen molar-refractivity contribution < 1.29 is 13.5 Å². The Bertz CT molecular complexity index is 409. The van der Waals surface area contributed by atoms with Gasteiger partial charge in [-0.1, -0.05) is 29.8 Å². The summed E-state index contributed by atoms with van der Waals surface area (Å²) in [5.41, 5.74) is 1.66. The molecular weight excluding hydrogens is 200 g/mol. The highest BCUT2D eigenvalue weighted by Crippen LogP contribution is 2.15. The molecule has 0 aromatic heterocycles. The van der Waals surface area contributed by atoms with E-state index in [2.05, 4.69) is 0 Å². The van der Waals surface area contributed by atoms with Crippen LogP contribution < -0.4 is 0 Å². The van der Waals surface area contributed by atoms with Gasteiger partial charge in [0.05, 0.1) is 11.9 Å². The van der Waals surface area contributed by atoms with E-state index >= 15 is 0 Å². The van der Waals surface area contributed by atoms with Gasteiger partial charge in [0.25, 0.3) is 0 Å². The average Bonchev–Trinajstić information content (AvgIpc) is 2.01. The van der Waals surface area contributed by atoms with E-state index in [0.29, 0.717) is 5.56 Å². The molecule has 14 heavy (non-hydrogen) atoms. The van der Waals surface area contributed by atoms with Crippen LogP contribution in [0.3, 0.4) is 0 Å². The highest BCUT2D eigenvalue weighted by Gasteiger charge is 2.13. The van der Waals surface area contributed by atoms with E-state index in [9.17, 15) is 13.5 Å². The molecule has 1 aromatic rings. The van der Waals surface area contributed by atoms with Gasteiger partial charge in [0, 0.05) is 6.26 Å². The molecule has 0 aliphatic rings. The quantitative estimate of drug-likeness (QED) is 0.819. The Morgan fingerprint density at radius 2 is 2.07 bits per heavy atom. The van der Waals surface area contributed by atoms with Gasteiger partial charge in [-0.05, 0) is 12.5 Å². The van der Waals surface area contributed by atoms with Gasteiger partial charge in [0.2, 0.25) is 0 Å². The van der Waals surface area contributed by atoms with Crippen LogP contribution in [-0.4, -0.2) is 25.5 Å². The molecule has 0 bridgehead atoms. The summed E-state index contributed by atoms with van der Waals surface area (Å²) in [6.07, 6.45) is 0.191. The van der Waals surface area contributed by atoms with Crippen molar-refractivity contribution in [1.82, 2.24) is 0 Å². The highest BCUT2D eigenvalue weighted by molar-refractivity contribution is 7.90. The molecule has 1 unspecified atom stereocenters. The van der Waals surface area contributed by atoms with Gasteiger partial charge in [-0.3, -0.25) is 0 Å². The van der Waals surface area contributed by atoms with Crippen LogP contribution >= 0.6 is 0 Å². The van der Waals surface area contributed by atoms with Crippen LogP contribution in [0.4, 0.5) is 0 Å². The molecule has 0 fully saturated rings. The summed E-state index contributed by atoms with van der Waals surface area (Å²) in [5, 5.41) is 9.60. The van der Waals surface area contributed by atoms with Crippen molar-refractivity contribution in [3.63, 3.8) is 0 Å². The lowest BCUT2D eigenvalue weighted by Crippen LogP contribution is -2.12. The SMILES string of the molecule is Cc1cccc(C(O)CS(C)(=O)=O)c1. The number of aliphatic hydroxyl groups is 1. The highest BCUT2D eigenvalue weighted by atomic mass is 32.2. The Morgan fingerprint density at radius 3 is 2.57 bits per heavy atom. The summed E-state index contributed by atoms with van der Waals surface area (Å²) in [7, 11) is -3.13. The maximum absolute atomic E-state index is 10.9. The largest absolute Gasteiger partial charge is 0.387 e. The zero-order chi connectivity index (χ0) is 10.8. The first-order chi connectivity index (χ1) is 6.38. The van der Waals surface area contributed by atoms with Crippen molar-refractivity contribution in [3.05, 3.63) is 35.4 Å². The summed E-state index contributed by atoms with van der Waals surface area (Å²) in [4.78, 5) is 0. The topological polar surface area (TPSA) is 54.4 Å². The third kappa shape index (κ3) is 3.47. The molecule has 0 radical (unpaired) electrons. The van der Waals surface area contributed by atoms with Crippen LogP contribution in [0, 0.1) is 6.92 Å². The maximum atomic E-state index is 10.9. The number of aryl methyl sites for hydroxylation is 1. The molecule has 0 aliphatic carbocycles. The van der Waals surface area contributed by atoms with Crippen molar-refractivity contribution in [2.24, 2.45) is 0 Å². The summed E-state index contributed by atoms with van der Waals surface area (Å²) in [5.74, 6) is -0.226. The fraction of sp³-hybridized carbons (Fsp3) is 0.400. The van der Waals surface area contributed by atoms with Crippen LogP contribution in [0.25, 0.3) is 0 Å². The Balaban J connectivity index is 2.85. The van der Waals surface area contributed by atoms with Crippen LogP contribution in [0.2, 0.25) is 0 Å². The third-order valence-electron chi connectivity index (χ3n) is 1.89. The molecule has 1 N–H and O–H groups in total. The molecule has 0 aliphatic heterocycles. The lowest BCUT2D eigenvalue weighted by atomic mass is 10.1. The smallest absolute Gasteiger partial charge is 0.150 e. The second kappa shape index (κ2) is 4.11. The van der Waals surface area contributed by atoms with Gasteiger partial charge in [0.1, 0.15) is 9.84 Å². The van der Waals surface area contributed by atoms with Gasteiger partial charge in [-0.2, -0.15) is 0 Å². The van der Waals surface area contributed by atoms with Crippen molar-refractivity contribution >= 4 is 9.84 Å². The zero-order valence-corrected chi connectivity index (χ0v) is 9.08. The number of hydrogen-bond acceptors (Lipinski definition) is 3. The van der Waals surface area contributed by atoms with Gasteiger partial charge >= 0.3 is 0 Å². The normalized spacial score (nSPS) is 13.9. The van der Waals surface area contributed by atoms with Crippen molar-refractivity contribution in [1.29, 1.82) is 0 Å². The van der Waals surface area contributed by atoms with Gasteiger partial charge in [-0.15, -0.1) is 0 Å². The minimum absolute atomic E-state index is 0.226. The van der Waals surface area contributed by atoms with Crippen molar-refractivity contribution in [2.45, 2.75) is 13.0 Å². The Labute approximate surface area is 84.3 Å². The van der Waals surface area contributed by atoms with Crippen LogP contribution in [0.1, 0.15) is 17.2 Å². The maximum Gasteiger partial charge on any atom is 0.150 e. The van der Waals surface area contributed by atoms with E-state index in [1.807, 2.05) is 13.0 Å². The summed E-state index contributed by atoms with van der Waals surface area (Å²) in [6.45, 7) is 1.90. The fourth-order valence-corrected chi connectivity index (χ4v) is 2.03. The number of rotatable bonds is 3. The molecule has 1 aromatic carbocycles. The first-order valence-corrected chi connectivity index (χ1v) is 6.37. The lowest BCUT2D eigenvalue weighted by Gasteiger charge is -2.09. The fourth-order valence-electron chi connectivity index (χ4n) is 1.26. The summed E-state index contributed by atoms with van der Waals surface area (Å²) >= 11 is 0. The number of benzene rings is 1. The van der Waals surface area contributed by atoms with E-state index in [4.69, 9.17) is 0 Å². The number of aliphatic hydroxyl groups excluding tert-OH is 1. The Morgan fingerprint density at radius 1 is 1.43 bits per heavy atom. The molecular formula is C10H14O3S. The van der Waals surface area contributed by atoms with Gasteiger partial charge < -0.3 is 5.11 Å². The van der Waals surface area contributed by atoms with Crippen LogP contribution in [0.15, 0.2) is 24.3 Å². The van der Waals surface area contributed by atoms with Gasteiger partial charge in [-0.25, -0.2) is 8.42 Å². The lowest BCUT2D eigenvalue weighted by molar-refractivity contribution is 0.202. The molecule has 4 heteroatoms. The molecule has 3 nitrogen and oxygen atoms in total. The molecule has 1 atom stereocenters. The minimum atomic E-state index is -3.13. The van der Waals surface area contributed by atoms with E-state index in [0.717, 1.165) is 11.8 Å². The predicted octanol–water partition coefficient (Wildman–Crippen LogP) is 1.07. The van der Waals surface area contributed by atoms with E-state index in [-0.39, 0.29) is 5.75 Å². The monoisotopic (exact) mass is 214 g/mol. The molecule has 0 spiro atoms. The molecule has 0 saturated heterocycles. The van der Waals surface area contributed by atoms with Crippen molar-refractivity contribution in [3.8, 4) is 0 Å². The van der Waals surface area contributed by atoms with Crippen LogP contribution in [-0.2, 0) is 9.84 Å². The molecule has 78 valence electrons. The molecule has 0 amide bonds. The predicted molar refractivity (Wildman–Crippen MR) is 55.8 cm³/mol. The third-order valence-corrected chi connectivity index (χ3v) is 2.81. The second-order valence-electron chi connectivity index (χ2n) is 3.52. The number of hydrogen-bond donors (Lipinski definition) is 1. The Hall–Kier alpha value is -0.870. The molecule has 1 rings (SSSR count). The van der Waals surface area contributed by atoms with Crippen molar-refractivity contribution in [2.75, 3.05) is 12.0 Å².